The van der Waals surface area contributed by atoms with Crippen molar-refractivity contribution in [3.63, 3.8) is 0 Å². The van der Waals surface area contributed by atoms with Crippen molar-refractivity contribution in [2.75, 3.05) is 5.32 Å². The van der Waals surface area contributed by atoms with Gasteiger partial charge in [0.05, 0.1) is 17.3 Å². The number of amides is 1. The van der Waals surface area contributed by atoms with Crippen LogP contribution in [-0.4, -0.2) is 11.1 Å². The molecule has 22 heavy (non-hydrogen) atoms. The van der Waals surface area contributed by atoms with E-state index in [0.29, 0.717) is 5.56 Å². The molecule has 0 fully saturated rings. The minimum atomic E-state index is -0.496. The van der Waals surface area contributed by atoms with Gasteiger partial charge in [-0.25, -0.2) is 5.48 Å². The number of hydrogen-bond donors (Lipinski definition) is 3. The standard InChI is InChI=1S/C18H20N2O2/c1-11-7-9-12(10-8-11)16-18(2,3)14-6-4-5-13(15(14)19-16)17(21)20-22/h4-10,16,19,22H,1-3H3,(H,20,21)/t16-/m1/s1. The molecule has 0 spiro atoms. The number of nitrogens with one attached hydrogen (secondary N) is 2. The third-order valence-electron chi connectivity index (χ3n) is 4.53. The van der Waals surface area contributed by atoms with E-state index in [1.807, 2.05) is 12.1 Å². The molecule has 114 valence electrons. The van der Waals surface area contributed by atoms with Gasteiger partial charge in [-0.3, -0.25) is 10.0 Å². The zero-order valence-corrected chi connectivity index (χ0v) is 13.0. The Labute approximate surface area is 130 Å². The van der Waals surface area contributed by atoms with Crippen LogP contribution in [0.15, 0.2) is 42.5 Å². The monoisotopic (exact) mass is 296 g/mol. The Morgan fingerprint density at radius 2 is 1.86 bits per heavy atom. The van der Waals surface area contributed by atoms with Gasteiger partial charge in [0.15, 0.2) is 0 Å². The van der Waals surface area contributed by atoms with Crippen molar-refractivity contribution in [3.8, 4) is 0 Å². The Hall–Kier alpha value is -2.33. The maximum Gasteiger partial charge on any atom is 0.276 e. The molecule has 0 unspecified atom stereocenters. The number of anilines is 1. The largest absolute Gasteiger partial charge is 0.376 e. The summed E-state index contributed by atoms with van der Waals surface area (Å²) in [6.07, 6.45) is 0. The van der Waals surface area contributed by atoms with Crippen molar-refractivity contribution >= 4 is 11.6 Å². The number of para-hydroxylation sites is 1. The molecule has 1 atom stereocenters. The third-order valence-corrected chi connectivity index (χ3v) is 4.53. The Bertz CT molecular complexity index is 720. The quantitative estimate of drug-likeness (QED) is 0.586. The molecule has 3 N–H and O–H groups in total. The first kappa shape index (κ1) is 14.6. The van der Waals surface area contributed by atoms with Crippen LogP contribution in [0.4, 0.5) is 5.69 Å². The second-order valence-electron chi connectivity index (χ2n) is 6.38. The first-order valence-corrected chi connectivity index (χ1v) is 7.36. The second-order valence-corrected chi connectivity index (χ2v) is 6.38. The van der Waals surface area contributed by atoms with Gasteiger partial charge in [0, 0.05) is 5.41 Å². The molecule has 4 heteroatoms. The van der Waals surface area contributed by atoms with E-state index in [-0.39, 0.29) is 11.5 Å². The Kier molecular flexibility index (Phi) is 3.41. The SMILES string of the molecule is Cc1ccc([C@H]2Nc3c(C(=O)NO)cccc3C2(C)C)cc1. The molecule has 0 radical (unpaired) electrons. The van der Waals surface area contributed by atoms with E-state index in [2.05, 4.69) is 50.4 Å². The summed E-state index contributed by atoms with van der Waals surface area (Å²) in [7, 11) is 0. The number of carbonyl (C=O) groups excluding carboxylic acids is 1. The highest BCUT2D eigenvalue weighted by atomic mass is 16.5. The number of fused-ring (bicyclic) bond motifs is 1. The highest BCUT2D eigenvalue weighted by Gasteiger charge is 2.41. The predicted molar refractivity (Wildman–Crippen MR) is 86.3 cm³/mol. The van der Waals surface area contributed by atoms with Crippen LogP contribution in [-0.2, 0) is 5.41 Å². The summed E-state index contributed by atoms with van der Waals surface area (Å²) >= 11 is 0. The second kappa shape index (κ2) is 5.14. The summed E-state index contributed by atoms with van der Waals surface area (Å²) in [6.45, 7) is 6.39. The van der Waals surface area contributed by atoms with E-state index >= 15 is 0 Å². The highest BCUT2D eigenvalue weighted by Crippen LogP contribution is 2.49. The molecular weight excluding hydrogens is 276 g/mol. The van der Waals surface area contributed by atoms with Crippen LogP contribution in [0, 0.1) is 6.92 Å². The van der Waals surface area contributed by atoms with Gasteiger partial charge in [-0.15, -0.1) is 0 Å². The summed E-state index contributed by atoms with van der Waals surface area (Å²) < 4.78 is 0. The summed E-state index contributed by atoms with van der Waals surface area (Å²) in [4.78, 5) is 11.9. The minimum absolute atomic E-state index is 0.0794. The van der Waals surface area contributed by atoms with E-state index < -0.39 is 5.91 Å². The zero-order chi connectivity index (χ0) is 15.9. The number of rotatable bonds is 2. The lowest BCUT2D eigenvalue weighted by Gasteiger charge is -2.28. The van der Waals surface area contributed by atoms with Gasteiger partial charge in [0.1, 0.15) is 0 Å². The average Bonchev–Trinajstić information content (AvgIpc) is 2.79. The van der Waals surface area contributed by atoms with Crippen molar-refractivity contribution in [2.24, 2.45) is 0 Å². The van der Waals surface area contributed by atoms with Crippen molar-refractivity contribution in [2.45, 2.75) is 32.2 Å². The normalized spacial score (nSPS) is 18.5. The van der Waals surface area contributed by atoms with E-state index in [4.69, 9.17) is 5.21 Å². The molecule has 0 aliphatic carbocycles. The Morgan fingerprint density at radius 3 is 2.50 bits per heavy atom. The van der Waals surface area contributed by atoms with Gasteiger partial charge in [-0.2, -0.15) is 0 Å². The van der Waals surface area contributed by atoms with Crippen LogP contribution in [0.25, 0.3) is 0 Å². The fourth-order valence-corrected chi connectivity index (χ4v) is 3.23. The van der Waals surface area contributed by atoms with Gasteiger partial charge in [-0.1, -0.05) is 55.8 Å². The molecule has 0 bridgehead atoms. The first-order chi connectivity index (χ1) is 10.4. The molecule has 1 amide bonds. The number of benzene rings is 2. The van der Waals surface area contributed by atoms with Gasteiger partial charge in [-0.05, 0) is 24.1 Å². The first-order valence-electron chi connectivity index (χ1n) is 7.36. The lowest BCUT2D eigenvalue weighted by molar-refractivity contribution is 0.0707. The fourth-order valence-electron chi connectivity index (χ4n) is 3.23. The maximum absolute atomic E-state index is 11.9. The van der Waals surface area contributed by atoms with Crippen LogP contribution in [0.1, 0.15) is 46.9 Å². The lowest BCUT2D eigenvalue weighted by atomic mass is 9.77. The highest BCUT2D eigenvalue weighted by molar-refractivity contribution is 6.00. The zero-order valence-electron chi connectivity index (χ0n) is 13.0. The third kappa shape index (κ3) is 2.16. The average molecular weight is 296 g/mol. The lowest BCUT2D eigenvalue weighted by Crippen LogP contribution is -2.25. The molecule has 2 aromatic carbocycles. The molecule has 0 aromatic heterocycles. The molecule has 0 saturated carbocycles. The summed E-state index contributed by atoms with van der Waals surface area (Å²) in [6, 6.07) is 14.1. The number of carbonyl (C=O) groups is 1. The summed E-state index contributed by atoms with van der Waals surface area (Å²) in [5.41, 5.74) is 6.31. The number of hydroxylamine groups is 1. The van der Waals surface area contributed by atoms with Crippen LogP contribution in [0.5, 0.6) is 0 Å². The van der Waals surface area contributed by atoms with Gasteiger partial charge >= 0.3 is 0 Å². The summed E-state index contributed by atoms with van der Waals surface area (Å²) in [5, 5.41) is 12.4. The van der Waals surface area contributed by atoms with Crippen molar-refractivity contribution in [1.82, 2.24) is 5.48 Å². The molecule has 0 saturated heterocycles. The van der Waals surface area contributed by atoms with Crippen molar-refractivity contribution in [1.29, 1.82) is 0 Å². The molecular formula is C18H20N2O2. The predicted octanol–water partition coefficient (Wildman–Crippen LogP) is 3.56. The number of aryl methyl sites for hydroxylation is 1. The molecule has 2 aromatic rings. The molecule has 1 heterocycles. The van der Waals surface area contributed by atoms with E-state index in [1.165, 1.54) is 11.1 Å². The van der Waals surface area contributed by atoms with Crippen molar-refractivity contribution in [3.05, 3.63) is 64.7 Å². The minimum Gasteiger partial charge on any atom is -0.376 e. The number of hydrogen-bond acceptors (Lipinski definition) is 3. The molecule has 1 aliphatic rings. The van der Waals surface area contributed by atoms with Crippen LogP contribution >= 0.6 is 0 Å². The van der Waals surface area contributed by atoms with Gasteiger partial charge in [0.25, 0.3) is 5.91 Å². The van der Waals surface area contributed by atoms with Crippen LogP contribution in [0.2, 0.25) is 0 Å². The van der Waals surface area contributed by atoms with Gasteiger partial charge < -0.3 is 5.32 Å². The van der Waals surface area contributed by atoms with Gasteiger partial charge in [0.2, 0.25) is 0 Å². The van der Waals surface area contributed by atoms with Crippen LogP contribution < -0.4 is 10.8 Å². The van der Waals surface area contributed by atoms with E-state index in [0.717, 1.165) is 11.3 Å². The topological polar surface area (TPSA) is 61.4 Å². The fraction of sp³-hybridized carbons (Fsp3) is 0.278. The van der Waals surface area contributed by atoms with E-state index in [1.54, 1.807) is 11.5 Å². The Balaban J connectivity index is 2.08. The Morgan fingerprint density at radius 1 is 1.18 bits per heavy atom. The smallest absolute Gasteiger partial charge is 0.276 e. The van der Waals surface area contributed by atoms with Crippen LogP contribution in [0.3, 0.4) is 0 Å². The maximum atomic E-state index is 11.9. The summed E-state index contributed by atoms with van der Waals surface area (Å²) in [5.74, 6) is -0.496. The molecule has 4 nitrogen and oxygen atoms in total. The van der Waals surface area contributed by atoms with E-state index in [9.17, 15) is 4.79 Å². The molecule has 3 rings (SSSR count). The molecule has 1 aliphatic heterocycles. The van der Waals surface area contributed by atoms with Crippen molar-refractivity contribution < 1.29 is 10.0 Å².